The van der Waals surface area contributed by atoms with Crippen LogP contribution in [-0.2, 0) is 29.1 Å². The van der Waals surface area contributed by atoms with E-state index in [1.54, 1.807) is 24.3 Å². The second kappa shape index (κ2) is 11.2. The topological polar surface area (TPSA) is 99.2 Å². The predicted octanol–water partition coefficient (Wildman–Crippen LogP) is 5.87. The van der Waals surface area contributed by atoms with Crippen LogP contribution in [0.4, 0.5) is 0 Å². The molecule has 0 aromatic heterocycles. The molecule has 41 heavy (non-hydrogen) atoms. The van der Waals surface area contributed by atoms with Crippen molar-refractivity contribution in [2.75, 3.05) is 14.2 Å². The maximum absolute atomic E-state index is 14.1. The van der Waals surface area contributed by atoms with Crippen LogP contribution in [0.3, 0.4) is 0 Å². The van der Waals surface area contributed by atoms with Gasteiger partial charge in [-0.05, 0) is 40.7 Å². The summed E-state index contributed by atoms with van der Waals surface area (Å²) in [5.74, 6) is -2.54. The number of rotatable bonds is 9. The quantitative estimate of drug-likeness (QED) is 0.159. The van der Waals surface area contributed by atoms with Crippen LogP contribution in [-0.4, -0.2) is 57.2 Å². The summed E-state index contributed by atoms with van der Waals surface area (Å²) in [4.78, 5) is 56.7. The molecule has 8 nitrogen and oxygen atoms in total. The minimum Gasteiger partial charge on any atom is -0.468 e. The van der Waals surface area contributed by atoms with Gasteiger partial charge in [-0.1, -0.05) is 84.0 Å². The van der Waals surface area contributed by atoms with E-state index < -0.39 is 49.1 Å². The highest BCUT2D eigenvalue weighted by molar-refractivity contribution is 6.77. The summed E-state index contributed by atoms with van der Waals surface area (Å²) in [7, 11) is -0.360. The SMILES string of the molecule is COC(=O)C1(C(=O)OC)C[C@H](N2C(=O)c3ccccc3C2=O)C[C@]1(O[Si](C(C)C)(C(C)C)C(C)C)c1ccccc1. The number of amides is 2. The van der Waals surface area contributed by atoms with Gasteiger partial charge in [-0.2, -0.15) is 0 Å². The lowest BCUT2D eigenvalue weighted by atomic mass is 9.70. The highest BCUT2D eigenvalue weighted by atomic mass is 28.4. The number of methoxy groups -OCH3 is 2. The zero-order valence-electron chi connectivity index (χ0n) is 25.2. The van der Waals surface area contributed by atoms with Crippen LogP contribution in [0, 0.1) is 5.41 Å². The number of benzene rings is 2. The molecule has 0 unspecified atom stereocenters. The molecule has 1 heterocycles. The van der Waals surface area contributed by atoms with Crippen LogP contribution >= 0.6 is 0 Å². The number of hydrogen-bond donors (Lipinski definition) is 0. The number of carbonyl (C=O) groups is 4. The van der Waals surface area contributed by atoms with Gasteiger partial charge in [-0.25, -0.2) is 0 Å². The van der Waals surface area contributed by atoms with Gasteiger partial charge in [0.05, 0.1) is 25.3 Å². The predicted molar refractivity (Wildman–Crippen MR) is 157 cm³/mol. The highest BCUT2D eigenvalue weighted by Gasteiger charge is 2.74. The molecule has 4 rings (SSSR count). The fraction of sp³-hybridized carbons (Fsp3) is 0.500. The van der Waals surface area contributed by atoms with Crippen LogP contribution in [0.2, 0.25) is 16.6 Å². The van der Waals surface area contributed by atoms with Gasteiger partial charge in [0.15, 0.2) is 5.41 Å². The van der Waals surface area contributed by atoms with Gasteiger partial charge in [0.2, 0.25) is 8.32 Å². The van der Waals surface area contributed by atoms with Crippen molar-refractivity contribution in [3.05, 3.63) is 71.3 Å². The van der Waals surface area contributed by atoms with E-state index in [-0.39, 0.29) is 29.5 Å². The van der Waals surface area contributed by atoms with Crippen LogP contribution in [0.1, 0.15) is 80.7 Å². The molecular formula is C32H41NO7Si. The Morgan fingerprint density at radius 2 is 1.20 bits per heavy atom. The zero-order chi connectivity index (χ0) is 30.3. The molecule has 1 aliphatic carbocycles. The summed E-state index contributed by atoms with van der Waals surface area (Å²) < 4.78 is 18.3. The Kier molecular flexibility index (Phi) is 8.35. The average molecular weight is 580 g/mol. The fourth-order valence-electron chi connectivity index (χ4n) is 7.66. The second-order valence-electron chi connectivity index (χ2n) is 12.1. The summed E-state index contributed by atoms with van der Waals surface area (Å²) in [5.41, 5.74) is -2.03. The maximum Gasteiger partial charge on any atom is 0.326 e. The number of carbonyl (C=O) groups excluding carboxylic acids is 4. The third-order valence-electron chi connectivity index (χ3n) is 9.31. The number of nitrogens with zero attached hydrogens (tertiary/aromatic N) is 1. The average Bonchev–Trinajstić information content (AvgIpc) is 3.43. The fourth-order valence-corrected chi connectivity index (χ4v) is 13.3. The van der Waals surface area contributed by atoms with E-state index in [0.717, 1.165) is 0 Å². The first-order valence-electron chi connectivity index (χ1n) is 14.2. The van der Waals surface area contributed by atoms with Gasteiger partial charge < -0.3 is 13.9 Å². The number of fused-ring (bicyclic) bond motifs is 1. The molecule has 220 valence electrons. The molecular weight excluding hydrogens is 538 g/mol. The molecule has 2 aromatic rings. The van der Waals surface area contributed by atoms with E-state index in [2.05, 4.69) is 41.5 Å². The summed E-state index contributed by atoms with van der Waals surface area (Å²) >= 11 is 0. The van der Waals surface area contributed by atoms with Gasteiger partial charge in [0.1, 0.15) is 5.60 Å². The van der Waals surface area contributed by atoms with Crippen molar-refractivity contribution in [2.24, 2.45) is 5.41 Å². The lowest BCUT2D eigenvalue weighted by Gasteiger charge is -2.52. The molecule has 2 aliphatic rings. The number of imide groups is 1. The smallest absolute Gasteiger partial charge is 0.326 e. The summed E-state index contributed by atoms with van der Waals surface area (Å²) in [6.07, 6.45) is -0.154. The Hall–Kier alpha value is -3.30. The maximum atomic E-state index is 14.1. The van der Waals surface area contributed by atoms with Crippen LogP contribution in [0.15, 0.2) is 54.6 Å². The van der Waals surface area contributed by atoms with E-state index in [4.69, 9.17) is 13.9 Å². The Balaban J connectivity index is 2.05. The van der Waals surface area contributed by atoms with Crippen molar-refractivity contribution >= 4 is 32.1 Å². The first-order chi connectivity index (χ1) is 19.3. The molecule has 1 fully saturated rings. The third-order valence-corrected chi connectivity index (χ3v) is 15.4. The van der Waals surface area contributed by atoms with Crippen LogP contribution in [0.5, 0.6) is 0 Å². The summed E-state index contributed by atoms with van der Waals surface area (Å²) in [5, 5.41) is 0. The van der Waals surface area contributed by atoms with E-state index in [1.165, 1.54) is 19.1 Å². The van der Waals surface area contributed by atoms with Crippen molar-refractivity contribution in [1.29, 1.82) is 0 Å². The molecule has 2 aromatic carbocycles. The van der Waals surface area contributed by atoms with E-state index >= 15 is 0 Å². The molecule has 0 bridgehead atoms. The first kappa shape index (κ1) is 30.7. The monoisotopic (exact) mass is 579 g/mol. The van der Waals surface area contributed by atoms with E-state index in [9.17, 15) is 19.2 Å². The van der Waals surface area contributed by atoms with Crippen molar-refractivity contribution in [3.8, 4) is 0 Å². The molecule has 1 aliphatic heterocycles. The van der Waals surface area contributed by atoms with Crippen molar-refractivity contribution in [3.63, 3.8) is 0 Å². The molecule has 0 N–H and O–H groups in total. The Labute approximate surface area is 243 Å². The lowest BCUT2D eigenvalue weighted by Crippen LogP contribution is -2.62. The van der Waals surface area contributed by atoms with Crippen molar-refractivity contribution < 1.29 is 33.1 Å². The van der Waals surface area contributed by atoms with Crippen LogP contribution in [0.25, 0.3) is 0 Å². The molecule has 1 saturated carbocycles. The largest absolute Gasteiger partial charge is 0.468 e. The van der Waals surface area contributed by atoms with Gasteiger partial charge in [-0.15, -0.1) is 0 Å². The number of esters is 2. The first-order valence-corrected chi connectivity index (χ1v) is 16.4. The Bertz CT molecular complexity index is 1270. The van der Waals surface area contributed by atoms with Gasteiger partial charge in [0.25, 0.3) is 11.8 Å². The summed E-state index contributed by atoms with van der Waals surface area (Å²) in [6, 6.07) is 15.0. The molecule has 0 radical (unpaired) electrons. The van der Waals surface area contributed by atoms with Gasteiger partial charge in [-0.3, -0.25) is 24.1 Å². The standard InChI is InChI=1S/C32H41NO7Si/c1-20(2)41(21(3)4,22(5)6)40-32(23-14-10-9-11-15-23)19-24(18-31(32,29(36)38-7)30(37)39-8)33-27(34)25-16-12-13-17-26(25)28(33)35/h9-17,20-22,24H,18-19H2,1-8H3/t24-,32-/m0/s1. The van der Waals surface area contributed by atoms with Crippen molar-refractivity contribution in [1.82, 2.24) is 4.90 Å². The number of ether oxygens (including phenoxy) is 2. The van der Waals surface area contributed by atoms with E-state index in [0.29, 0.717) is 16.7 Å². The van der Waals surface area contributed by atoms with Crippen LogP contribution < -0.4 is 0 Å². The van der Waals surface area contributed by atoms with Gasteiger partial charge in [0, 0.05) is 12.5 Å². The normalized spacial score (nSPS) is 22.0. The highest BCUT2D eigenvalue weighted by Crippen LogP contribution is 2.62. The molecule has 9 heteroatoms. The Morgan fingerprint density at radius 3 is 1.61 bits per heavy atom. The Morgan fingerprint density at radius 1 is 0.756 bits per heavy atom. The lowest BCUT2D eigenvalue weighted by molar-refractivity contribution is -0.186. The third kappa shape index (κ3) is 4.36. The van der Waals surface area contributed by atoms with E-state index in [1.807, 2.05) is 30.3 Å². The minimum absolute atomic E-state index is 0.0353. The molecule has 2 amide bonds. The zero-order valence-corrected chi connectivity index (χ0v) is 26.2. The van der Waals surface area contributed by atoms with Gasteiger partial charge >= 0.3 is 11.9 Å². The second-order valence-corrected chi connectivity index (χ2v) is 17.5. The molecule has 0 spiro atoms. The van der Waals surface area contributed by atoms with Crippen molar-refractivity contribution in [2.45, 2.75) is 82.7 Å². The molecule has 0 saturated heterocycles. The minimum atomic E-state index is -2.82. The molecule has 2 atom stereocenters. The summed E-state index contributed by atoms with van der Waals surface area (Å²) in [6.45, 7) is 12.7. The number of hydrogen-bond acceptors (Lipinski definition) is 7.